The first-order valence-corrected chi connectivity index (χ1v) is 8.55. The Hall–Kier alpha value is -3.17. The lowest BCUT2D eigenvalue weighted by atomic mass is 9.79. The molecule has 3 rings (SSSR count). The van der Waals surface area contributed by atoms with E-state index in [0.717, 1.165) is 0 Å². The van der Waals surface area contributed by atoms with E-state index in [9.17, 15) is 19.8 Å². The van der Waals surface area contributed by atoms with Gasteiger partial charge in [-0.1, -0.05) is 20.8 Å². The highest BCUT2D eigenvalue weighted by molar-refractivity contribution is 5.94. The van der Waals surface area contributed by atoms with Crippen molar-refractivity contribution in [1.29, 1.82) is 0 Å². The van der Waals surface area contributed by atoms with Crippen molar-refractivity contribution in [2.24, 2.45) is 11.3 Å². The third-order valence-electron chi connectivity index (χ3n) is 4.59. The molecule has 1 aliphatic rings. The standard InChI is InChI=1S/C17H22N6O4/c1-17(2,3)12-10(5-8-22(12)16(26)27)13(24)20-11-9-18-15(21-14(11)25)23-7-4-6-19-23/h4,6-7,9-10,12H,5,8H2,1-3H3,(H,20,24)(H,26,27)(H,18,21,25). The van der Waals surface area contributed by atoms with Crippen molar-refractivity contribution in [3.05, 3.63) is 24.7 Å². The molecule has 0 aliphatic carbocycles. The Morgan fingerprint density at radius 1 is 1.33 bits per heavy atom. The van der Waals surface area contributed by atoms with Gasteiger partial charge in [0, 0.05) is 18.9 Å². The summed E-state index contributed by atoms with van der Waals surface area (Å²) in [4.78, 5) is 33.6. The normalized spacial score (nSPS) is 19.9. The van der Waals surface area contributed by atoms with Crippen LogP contribution in [0.1, 0.15) is 27.2 Å². The molecule has 1 fully saturated rings. The summed E-state index contributed by atoms with van der Waals surface area (Å²) in [6, 6.07) is 1.22. The minimum absolute atomic E-state index is 0.0670. The molecule has 10 heteroatoms. The Labute approximate surface area is 155 Å². The number of anilines is 1. The largest absolute Gasteiger partial charge is 0.492 e. The molecule has 0 saturated carbocycles. The van der Waals surface area contributed by atoms with Crippen molar-refractivity contribution >= 4 is 17.7 Å². The summed E-state index contributed by atoms with van der Waals surface area (Å²) >= 11 is 0. The van der Waals surface area contributed by atoms with E-state index in [0.29, 0.717) is 6.42 Å². The average molecular weight is 374 g/mol. The fourth-order valence-corrected chi connectivity index (χ4v) is 3.53. The number of hydrogen-bond donors (Lipinski definition) is 3. The molecule has 2 amide bonds. The van der Waals surface area contributed by atoms with Crippen LogP contribution in [-0.4, -0.2) is 59.4 Å². The van der Waals surface area contributed by atoms with E-state index in [-0.39, 0.29) is 30.0 Å². The molecule has 3 N–H and O–H groups in total. The molecule has 0 bridgehead atoms. The second kappa shape index (κ2) is 6.86. The van der Waals surface area contributed by atoms with Crippen molar-refractivity contribution in [2.75, 3.05) is 11.9 Å². The van der Waals surface area contributed by atoms with Gasteiger partial charge in [0.25, 0.3) is 5.95 Å². The number of carboxylic acid groups (broad SMARTS) is 1. The Morgan fingerprint density at radius 2 is 2.07 bits per heavy atom. The molecular formula is C17H22N6O4. The molecule has 2 atom stereocenters. The maximum atomic E-state index is 12.8. The summed E-state index contributed by atoms with van der Waals surface area (Å²) in [6.45, 7) is 5.99. The van der Waals surface area contributed by atoms with E-state index >= 15 is 0 Å². The van der Waals surface area contributed by atoms with Crippen molar-refractivity contribution in [2.45, 2.75) is 33.2 Å². The number of aromatic hydroxyl groups is 1. The molecule has 2 unspecified atom stereocenters. The zero-order valence-electron chi connectivity index (χ0n) is 15.3. The van der Waals surface area contributed by atoms with Crippen molar-refractivity contribution < 1.29 is 19.8 Å². The van der Waals surface area contributed by atoms with Crippen LogP contribution in [0.3, 0.4) is 0 Å². The number of likely N-dealkylation sites (tertiary alicyclic amines) is 1. The van der Waals surface area contributed by atoms with Crippen LogP contribution in [0.5, 0.6) is 5.88 Å². The van der Waals surface area contributed by atoms with Gasteiger partial charge in [0.2, 0.25) is 11.8 Å². The summed E-state index contributed by atoms with van der Waals surface area (Å²) < 4.78 is 1.38. The molecule has 1 aliphatic heterocycles. The third kappa shape index (κ3) is 3.69. The zero-order chi connectivity index (χ0) is 19.8. The Balaban J connectivity index is 1.79. The van der Waals surface area contributed by atoms with Gasteiger partial charge < -0.3 is 20.4 Å². The molecule has 3 heterocycles. The number of nitrogens with zero attached hydrogens (tertiary/aromatic N) is 5. The van der Waals surface area contributed by atoms with Gasteiger partial charge in [-0.25, -0.2) is 14.5 Å². The SMILES string of the molecule is CC(C)(C)C1C(C(=O)Nc2cnc(-n3cccn3)nc2O)CCN1C(=O)O. The number of carbonyl (C=O) groups excluding carboxylic acids is 1. The fraction of sp³-hybridized carbons (Fsp3) is 0.471. The van der Waals surface area contributed by atoms with Crippen LogP contribution in [0.25, 0.3) is 5.95 Å². The van der Waals surface area contributed by atoms with Gasteiger partial charge >= 0.3 is 6.09 Å². The summed E-state index contributed by atoms with van der Waals surface area (Å²) in [6.07, 6.45) is 3.84. The molecule has 2 aromatic heterocycles. The molecule has 0 radical (unpaired) electrons. The number of nitrogens with one attached hydrogen (secondary N) is 1. The Bertz CT molecular complexity index is 846. The van der Waals surface area contributed by atoms with E-state index in [1.807, 2.05) is 20.8 Å². The number of rotatable bonds is 3. The van der Waals surface area contributed by atoms with Crippen LogP contribution in [0, 0.1) is 11.3 Å². The van der Waals surface area contributed by atoms with Crippen molar-refractivity contribution in [3.63, 3.8) is 0 Å². The first-order chi connectivity index (χ1) is 12.7. The third-order valence-corrected chi connectivity index (χ3v) is 4.59. The van der Waals surface area contributed by atoms with E-state index in [4.69, 9.17) is 0 Å². The molecule has 2 aromatic rings. The van der Waals surface area contributed by atoms with Crippen LogP contribution in [0.15, 0.2) is 24.7 Å². The predicted octanol–water partition coefficient (Wildman–Crippen LogP) is 1.72. The maximum Gasteiger partial charge on any atom is 0.407 e. The lowest BCUT2D eigenvalue weighted by Gasteiger charge is -2.36. The fourth-order valence-electron chi connectivity index (χ4n) is 3.53. The number of carbonyl (C=O) groups is 2. The summed E-state index contributed by atoms with van der Waals surface area (Å²) in [5.41, 5.74) is -0.350. The van der Waals surface area contributed by atoms with Crippen molar-refractivity contribution in [1.82, 2.24) is 24.6 Å². The molecule has 0 aromatic carbocycles. The van der Waals surface area contributed by atoms with Crippen LogP contribution in [0.2, 0.25) is 0 Å². The van der Waals surface area contributed by atoms with Gasteiger partial charge in [0.15, 0.2) is 0 Å². The van der Waals surface area contributed by atoms with E-state index < -0.39 is 23.5 Å². The maximum absolute atomic E-state index is 12.8. The average Bonchev–Trinajstić information content (AvgIpc) is 3.25. The Morgan fingerprint density at radius 3 is 2.63 bits per heavy atom. The number of aromatic nitrogens is 4. The van der Waals surface area contributed by atoms with Gasteiger partial charge in [-0.3, -0.25) is 4.79 Å². The van der Waals surface area contributed by atoms with Gasteiger partial charge in [0.05, 0.1) is 18.2 Å². The first-order valence-electron chi connectivity index (χ1n) is 8.55. The molecular weight excluding hydrogens is 352 g/mol. The highest BCUT2D eigenvalue weighted by Crippen LogP contribution is 2.38. The monoisotopic (exact) mass is 374 g/mol. The van der Waals surface area contributed by atoms with Crippen LogP contribution in [0.4, 0.5) is 10.5 Å². The van der Waals surface area contributed by atoms with E-state index in [2.05, 4.69) is 20.4 Å². The molecule has 144 valence electrons. The van der Waals surface area contributed by atoms with Crippen LogP contribution >= 0.6 is 0 Å². The minimum atomic E-state index is -1.04. The molecule has 10 nitrogen and oxygen atoms in total. The van der Waals surface area contributed by atoms with Crippen LogP contribution in [-0.2, 0) is 4.79 Å². The van der Waals surface area contributed by atoms with Gasteiger partial charge in [0.1, 0.15) is 5.69 Å². The number of hydrogen-bond acceptors (Lipinski definition) is 6. The highest BCUT2D eigenvalue weighted by Gasteiger charge is 2.47. The quantitative estimate of drug-likeness (QED) is 0.745. The summed E-state index contributed by atoms with van der Waals surface area (Å²) in [5.74, 6) is -1.12. The summed E-state index contributed by atoms with van der Waals surface area (Å²) in [5, 5.41) is 26.2. The smallest absolute Gasteiger partial charge is 0.407 e. The topological polar surface area (TPSA) is 133 Å². The second-order valence-corrected chi connectivity index (χ2v) is 7.53. The van der Waals surface area contributed by atoms with Gasteiger partial charge in [-0.2, -0.15) is 10.1 Å². The first kappa shape index (κ1) is 18.6. The van der Waals surface area contributed by atoms with Crippen LogP contribution < -0.4 is 5.32 Å². The van der Waals surface area contributed by atoms with Crippen molar-refractivity contribution in [3.8, 4) is 11.8 Å². The zero-order valence-corrected chi connectivity index (χ0v) is 15.3. The van der Waals surface area contributed by atoms with Gasteiger partial charge in [-0.15, -0.1) is 0 Å². The van der Waals surface area contributed by atoms with Gasteiger partial charge in [-0.05, 0) is 17.9 Å². The molecule has 0 spiro atoms. The second-order valence-electron chi connectivity index (χ2n) is 7.53. The predicted molar refractivity (Wildman–Crippen MR) is 95.5 cm³/mol. The highest BCUT2D eigenvalue weighted by atomic mass is 16.4. The minimum Gasteiger partial charge on any atom is -0.492 e. The lowest BCUT2D eigenvalue weighted by Crippen LogP contribution is -2.48. The van der Waals surface area contributed by atoms with E-state index in [1.165, 1.54) is 15.8 Å². The lowest BCUT2D eigenvalue weighted by molar-refractivity contribution is -0.121. The summed E-state index contributed by atoms with van der Waals surface area (Å²) in [7, 11) is 0. The molecule has 1 saturated heterocycles. The Kier molecular flexibility index (Phi) is 4.73. The molecule has 27 heavy (non-hydrogen) atoms. The number of amides is 2. The van der Waals surface area contributed by atoms with E-state index in [1.54, 1.807) is 18.5 Å².